The Morgan fingerprint density at radius 1 is 1.11 bits per heavy atom. The lowest BCUT2D eigenvalue weighted by atomic mass is 9.99. The predicted molar refractivity (Wildman–Crippen MR) is 73.4 cm³/mol. The molecule has 2 heteroatoms. The van der Waals surface area contributed by atoms with Crippen molar-refractivity contribution in [1.82, 2.24) is 5.32 Å². The number of fused-ring (bicyclic) bond motifs is 1. The Morgan fingerprint density at radius 2 is 1.89 bits per heavy atom. The summed E-state index contributed by atoms with van der Waals surface area (Å²) in [6.45, 7) is 2.20. The highest BCUT2D eigenvalue weighted by Crippen LogP contribution is 2.37. The summed E-state index contributed by atoms with van der Waals surface area (Å²) in [6.07, 6.45) is 6.11. The summed E-state index contributed by atoms with van der Waals surface area (Å²) in [7, 11) is 0. The maximum atomic E-state index is 10.3. The number of rotatable bonds is 6. The van der Waals surface area contributed by atoms with Crippen molar-refractivity contribution in [2.24, 2.45) is 11.8 Å². The molecule has 2 unspecified atom stereocenters. The van der Waals surface area contributed by atoms with E-state index in [-0.39, 0.29) is 6.10 Å². The second-order valence-corrected chi connectivity index (χ2v) is 5.88. The van der Waals surface area contributed by atoms with Gasteiger partial charge in [0.1, 0.15) is 0 Å². The average Bonchev–Trinajstić information content (AvgIpc) is 3.16. The molecule has 2 N–H and O–H groups in total. The predicted octanol–water partition coefficient (Wildman–Crippen LogP) is 2.67. The minimum atomic E-state index is -0.244. The lowest BCUT2D eigenvalue weighted by Crippen LogP contribution is -2.21. The molecule has 2 aliphatic carbocycles. The van der Waals surface area contributed by atoms with Crippen molar-refractivity contribution in [1.29, 1.82) is 0 Å². The first-order valence-electron chi connectivity index (χ1n) is 7.31. The molecular formula is C16H23NO. The van der Waals surface area contributed by atoms with Crippen LogP contribution in [0.25, 0.3) is 0 Å². The van der Waals surface area contributed by atoms with Gasteiger partial charge < -0.3 is 10.4 Å². The van der Waals surface area contributed by atoms with E-state index in [2.05, 4.69) is 23.5 Å². The highest BCUT2D eigenvalue weighted by Gasteiger charge is 2.29. The highest BCUT2D eigenvalue weighted by molar-refractivity contribution is 5.34. The van der Waals surface area contributed by atoms with Crippen LogP contribution in [-0.2, 0) is 6.42 Å². The minimum absolute atomic E-state index is 0.244. The van der Waals surface area contributed by atoms with Crippen LogP contribution in [-0.4, -0.2) is 18.2 Å². The van der Waals surface area contributed by atoms with Crippen molar-refractivity contribution < 1.29 is 5.11 Å². The first-order valence-corrected chi connectivity index (χ1v) is 7.31. The van der Waals surface area contributed by atoms with Crippen LogP contribution in [0.4, 0.5) is 0 Å². The number of hydrogen-bond acceptors (Lipinski definition) is 2. The van der Waals surface area contributed by atoms with Crippen LogP contribution >= 0.6 is 0 Å². The Labute approximate surface area is 109 Å². The lowest BCUT2D eigenvalue weighted by Gasteiger charge is -2.15. The Morgan fingerprint density at radius 3 is 2.67 bits per heavy atom. The molecule has 0 spiro atoms. The van der Waals surface area contributed by atoms with Crippen molar-refractivity contribution >= 4 is 0 Å². The average molecular weight is 245 g/mol. The summed E-state index contributed by atoms with van der Waals surface area (Å²) in [5.41, 5.74) is 2.49. The molecule has 0 bridgehead atoms. The van der Waals surface area contributed by atoms with Gasteiger partial charge in [0.15, 0.2) is 0 Å². The van der Waals surface area contributed by atoms with Crippen molar-refractivity contribution in [2.45, 2.75) is 38.2 Å². The normalized spacial score (nSPS) is 26.3. The largest absolute Gasteiger partial charge is 0.388 e. The molecule has 0 aliphatic heterocycles. The fourth-order valence-electron chi connectivity index (χ4n) is 3.04. The smallest absolute Gasteiger partial charge is 0.0824 e. The van der Waals surface area contributed by atoms with E-state index >= 15 is 0 Å². The van der Waals surface area contributed by atoms with Gasteiger partial charge in [-0.25, -0.2) is 0 Å². The van der Waals surface area contributed by atoms with Crippen LogP contribution in [0.3, 0.4) is 0 Å². The van der Waals surface area contributed by atoms with Gasteiger partial charge in [-0.15, -0.1) is 0 Å². The van der Waals surface area contributed by atoms with E-state index in [9.17, 15) is 5.11 Å². The Hall–Kier alpha value is -0.860. The van der Waals surface area contributed by atoms with Crippen LogP contribution in [0.1, 0.15) is 42.9 Å². The van der Waals surface area contributed by atoms with Gasteiger partial charge in [-0.05, 0) is 55.3 Å². The van der Waals surface area contributed by atoms with Gasteiger partial charge >= 0.3 is 0 Å². The molecule has 0 heterocycles. The number of aliphatic hydroxyl groups is 1. The standard InChI is InChI=1S/C16H23NO/c18-16-14(8-10-17-9-7-12-5-6-12)11-13-3-1-2-4-15(13)16/h1-4,12,14,16-18H,5-11H2. The molecule has 0 radical (unpaired) electrons. The molecule has 0 saturated heterocycles. The lowest BCUT2D eigenvalue weighted by molar-refractivity contribution is 0.118. The number of aliphatic hydroxyl groups excluding tert-OH is 1. The molecule has 2 aliphatic rings. The third-order valence-electron chi connectivity index (χ3n) is 4.42. The van der Waals surface area contributed by atoms with Gasteiger partial charge in [-0.1, -0.05) is 37.1 Å². The van der Waals surface area contributed by atoms with Crippen LogP contribution in [0.5, 0.6) is 0 Å². The molecule has 98 valence electrons. The summed E-state index contributed by atoms with van der Waals surface area (Å²) >= 11 is 0. The molecule has 1 saturated carbocycles. The third kappa shape index (κ3) is 2.76. The Balaban J connectivity index is 1.41. The topological polar surface area (TPSA) is 32.3 Å². The van der Waals surface area contributed by atoms with Gasteiger partial charge in [0.25, 0.3) is 0 Å². The zero-order valence-corrected chi connectivity index (χ0v) is 10.9. The van der Waals surface area contributed by atoms with E-state index < -0.39 is 0 Å². The highest BCUT2D eigenvalue weighted by atomic mass is 16.3. The molecule has 1 fully saturated rings. The summed E-state index contributed by atoms with van der Waals surface area (Å²) in [4.78, 5) is 0. The van der Waals surface area contributed by atoms with E-state index in [4.69, 9.17) is 0 Å². The summed E-state index contributed by atoms with van der Waals surface area (Å²) in [6, 6.07) is 8.32. The Bertz CT molecular complexity index is 400. The van der Waals surface area contributed by atoms with Crippen LogP contribution in [0.2, 0.25) is 0 Å². The van der Waals surface area contributed by atoms with E-state index in [0.717, 1.165) is 37.4 Å². The minimum Gasteiger partial charge on any atom is -0.388 e. The zero-order valence-electron chi connectivity index (χ0n) is 10.9. The summed E-state index contributed by atoms with van der Waals surface area (Å²) in [5.74, 6) is 1.43. The second-order valence-electron chi connectivity index (χ2n) is 5.88. The van der Waals surface area contributed by atoms with E-state index in [0.29, 0.717) is 5.92 Å². The van der Waals surface area contributed by atoms with Crippen molar-refractivity contribution in [3.63, 3.8) is 0 Å². The second kappa shape index (κ2) is 5.41. The van der Waals surface area contributed by atoms with Crippen molar-refractivity contribution in [2.75, 3.05) is 13.1 Å². The molecule has 2 nitrogen and oxygen atoms in total. The number of benzene rings is 1. The van der Waals surface area contributed by atoms with Gasteiger partial charge in [0.05, 0.1) is 6.10 Å². The maximum absolute atomic E-state index is 10.3. The van der Waals surface area contributed by atoms with Gasteiger partial charge in [-0.3, -0.25) is 0 Å². The van der Waals surface area contributed by atoms with E-state index in [1.807, 2.05) is 6.07 Å². The molecule has 0 amide bonds. The van der Waals surface area contributed by atoms with Crippen molar-refractivity contribution in [3.8, 4) is 0 Å². The summed E-state index contributed by atoms with van der Waals surface area (Å²) in [5, 5.41) is 13.8. The first kappa shape index (κ1) is 12.2. The maximum Gasteiger partial charge on any atom is 0.0824 e. The van der Waals surface area contributed by atoms with Gasteiger partial charge in [0, 0.05) is 0 Å². The first-order chi connectivity index (χ1) is 8.84. The fourth-order valence-corrected chi connectivity index (χ4v) is 3.04. The van der Waals surface area contributed by atoms with Gasteiger partial charge in [0.2, 0.25) is 0 Å². The van der Waals surface area contributed by atoms with E-state index in [1.54, 1.807) is 0 Å². The molecular weight excluding hydrogens is 222 g/mol. The number of hydrogen-bond donors (Lipinski definition) is 2. The van der Waals surface area contributed by atoms with Crippen LogP contribution in [0.15, 0.2) is 24.3 Å². The quantitative estimate of drug-likeness (QED) is 0.755. The van der Waals surface area contributed by atoms with Crippen LogP contribution < -0.4 is 5.32 Å². The van der Waals surface area contributed by atoms with Gasteiger partial charge in [-0.2, -0.15) is 0 Å². The molecule has 1 aromatic carbocycles. The summed E-state index contributed by atoms with van der Waals surface area (Å²) < 4.78 is 0. The zero-order chi connectivity index (χ0) is 12.4. The molecule has 3 rings (SSSR count). The third-order valence-corrected chi connectivity index (χ3v) is 4.42. The monoisotopic (exact) mass is 245 g/mol. The van der Waals surface area contributed by atoms with Crippen molar-refractivity contribution in [3.05, 3.63) is 35.4 Å². The Kier molecular flexibility index (Phi) is 3.67. The van der Waals surface area contributed by atoms with Crippen LogP contribution in [0, 0.1) is 11.8 Å². The molecule has 0 aromatic heterocycles. The van der Waals surface area contributed by atoms with E-state index in [1.165, 1.54) is 24.8 Å². The number of nitrogens with one attached hydrogen (secondary N) is 1. The fraction of sp³-hybridized carbons (Fsp3) is 0.625. The molecule has 2 atom stereocenters. The molecule has 18 heavy (non-hydrogen) atoms. The molecule has 1 aromatic rings. The SMILES string of the molecule is OC1c2ccccc2CC1CCNCCC1CC1.